The minimum absolute atomic E-state index is 0.332. The standard InChI is InChI=1S/C18H19ClN2O4/c1-11-4-5-12(19)8-15(11)21-18(23)10-17(22)20-14-7-6-13(24-2)9-16(14)25-3/h4-9H,10H2,1-3H3,(H,20,22)(H,21,23). The second-order valence-electron chi connectivity index (χ2n) is 5.30. The fourth-order valence-electron chi connectivity index (χ4n) is 2.17. The second-order valence-corrected chi connectivity index (χ2v) is 5.74. The highest BCUT2D eigenvalue weighted by molar-refractivity contribution is 6.31. The number of carbonyl (C=O) groups is 2. The Morgan fingerprint density at radius 3 is 2.28 bits per heavy atom. The third kappa shape index (κ3) is 5.12. The Morgan fingerprint density at radius 2 is 1.64 bits per heavy atom. The molecule has 0 heterocycles. The average Bonchev–Trinajstić information content (AvgIpc) is 2.58. The van der Waals surface area contributed by atoms with Gasteiger partial charge in [0.1, 0.15) is 17.9 Å². The van der Waals surface area contributed by atoms with E-state index in [9.17, 15) is 9.59 Å². The van der Waals surface area contributed by atoms with Gasteiger partial charge < -0.3 is 20.1 Å². The average molecular weight is 363 g/mol. The van der Waals surface area contributed by atoms with Gasteiger partial charge in [0, 0.05) is 16.8 Å². The van der Waals surface area contributed by atoms with Gasteiger partial charge in [-0.3, -0.25) is 9.59 Å². The first-order chi connectivity index (χ1) is 11.9. The van der Waals surface area contributed by atoms with Gasteiger partial charge in [-0.15, -0.1) is 0 Å². The molecule has 25 heavy (non-hydrogen) atoms. The minimum Gasteiger partial charge on any atom is -0.497 e. The number of rotatable bonds is 6. The van der Waals surface area contributed by atoms with Gasteiger partial charge in [0.25, 0.3) is 0 Å². The molecule has 0 aromatic heterocycles. The van der Waals surface area contributed by atoms with E-state index >= 15 is 0 Å². The highest BCUT2D eigenvalue weighted by atomic mass is 35.5. The number of methoxy groups -OCH3 is 2. The van der Waals surface area contributed by atoms with Crippen molar-refractivity contribution < 1.29 is 19.1 Å². The summed E-state index contributed by atoms with van der Waals surface area (Å²) in [6, 6.07) is 10.1. The number of benzene rings is 2. The third-order valence-corrected chi connectivity index (χ3v) is 3.71. The maximum atomic E-state index is 12.1. The van der Waals surface area contributed by atoms with Crippen LogP contribution >= 0.6 is 11.6 Å². The Morgan fingerprint density at radius 1 is 0.960 bits per heavy atom. The van der Waals surface area contributed by atoms with E-state index in [-0.39, 0.29) is 6.42 Å². The van der Waals surface area contributed by atoms with E-state index in [1.54, 1.807) is 36.4 Å². The number of hydrogen-bond donors (Lipinski definition) is 2. The molecule has 2 amide bonds. The monoisotopic (exact) mass is 362 g/mol. The van der Waals surface area contributed by atoms with Gasteiger partial charge >= 0.3 is 0 Å². The second kappa shape index (κ2) is 8.39. The predicted molar refractivity (Wildman–Crippen MR) is 97.6 cm³/mol. The number of amides is 2. The topological polar surface area (TPSA) is 76.7 Å². The maximum Gasteiger partial charge on any atom is 0.233 e. The molecule has 2 rings (SSSR count). The van der Waals surface area contributed by atoms with Crippen molar-refractivity contribution in [2.24, 2.45) is 0 Å². The molecule has 0 radical (unpaired) electrons. The van der Waals surface area contributed by atoms with Gasteiger partial charge in [0.05, 0.1) is 19.9 Å². The van der Waals surface area contributed by atoms with Gasteiger partial charge in [0.2, 0.25) is 11.8 Å². The predicted octanol–water partition coefficient (Wildman–Crippen LogP) is 3.63. The molecule has 0 saturated heterocycles. The lowest BCUT2D eigenvalue weighted by Crippen LogP contribution is -2.22. The zero-order valence-corrected chi connectivity index (χ0v) is 14.9. The lowest BCUT2D eigenvalue weighted by molar-refractivity contribution is -0.123. The number of nitrogens with one attached hydrogen (secondary N) is 2. The Balaban J connectivity index is 2.00. The van der Waals surface area contributed by atoms with E-state index < -0.39 is 11.8 Å². The largest absolute Gasteiger partial charge is 0.497 e. The molecule has 0 aliphatic carbocycles. The third-order valence-electron chi connectivity index (χ3n) is 3.48. The van der Waals surface area contributed by atoms with Crippen molar-refractivity contribution in [3.05, 3.63) is 47.0 Å². The van der Waals surface area contributed by atoms with Crippen LogP contribution in [0.3, 0.4) is 0 Å². The smallest absolute Gasteiger partial charge is 0.233 e. The van der Waals surface area contributed by atoms with Crippen molar-refractivity contribution in [3.63, 3.8) is 0 Å². The summed E-state index contributed by atoms with van der Waals surface area (Å²) in [5, 5.41) is 5.84. The number of ether oxygens (including phenoxy) is 2. The van der Waals surface area contributed by atoms with Crippen molar-refractivity contribution in [2.75, 3.05) is 24.9 Å². The molecule has 0 atom stereocenters. The van der Waals surface area contributed by atoms with Crippen molar-refractivity contribution in [2.45, 2.75) is 13.3 Å². The van der Waals surface area contributed by atoms with Crippen LogP contribution < -0.4 is 20.1 Å². The van der Waals surface area contributed by atoms with Crippen LogP contribution in [0.2, 0.25) is 5.02 Å². The molecular formula is C18H19ClN2O4. The van der Waals surface area contributed by atoms with Crippen LogP contribution in [-0.4, -0.2) is 26.0 Å². The van der Waals surface area contributed by atoms with E-state index in [2.05, 4.69) is 10.6 Å². The van der Waals surface area contributed by atoms with Crippen molar-refractivity contribution in [1.29, 1.82) is 0 Å². The highest BCUT2D eigenvalue weighted by Crippen LogP contribution is 2.29. The Hall–Kier alpha value is -2.73. The zero-order valence-electron chi connectivity index (χ0n) is 14.2. The molecule has 2 aromatic rings. The quantitative estimate of drug-likeness (QED) is 0.769. The SMILES string of the molecule is COc1ccc(NC(=O)CC(=O)Nc2cc(Cl)ccc2C)c(OC)c1. The fourth-order valence-corrected chi connectivity index (χ4v) is 2.34. The summed E-state index contributed by atoms with van der Waals surface area (Å²) in [6.07, 6.45) is -0.332. The van der Waals surface area contributed by atoms with Crippen LogP contribution in [0.25, 0.3) is 0 Å². The number of hydrogen-bond acceptors (Lipinski definition) is 4. The van der Waals surface area contributed by atoms with Crippen LogP contribution in [0.1, 0.15) is 12.0 Å². The van der Waals surface area contributed by atoms with E-state index in [4.69, 9.17) is 21.1 Å². The molecular weight excluding hydrogens is 344 g/mol. The van der Waals surface area contributed by atoms with Gasteiger partial charge in [-0.05, 0) is 36.8 Å². The minimum atomic E-state index is -0.458. The Kier molecular flexibility index (Phi) is 6.25. The van der Waals surface area contributed by atoms with Gasteiger partial charge in [-0.1, -0.05) is 17.7 Å². The van der Waals surface area contributed by atoms with E-state index in [1.807, 2.05) is 6.92 Å². The number of aryl methyl sites for hydroxylation is 1. The van der Waals surface area contributed by atoms with E-state index in [0.29, 0.717) is 27.9 Å². The number of carbonyl (C=O) groups excluding carboxylic acids is 2. The zero-order chi connectivity index (χ0) is 18.4. The lowest BCUT2D eigenvalue weighted by atomic mass is 10.2. The van der Waals surface area contributed by atoms with Crippen molar-refractivity contribution in [3.8, 4) is 11.5 Å². The Labute approximate surface area is 151 Å². The summed E-state index contributed by atoms with van der Waals surface area (Å²) in [4.78, 5) is 24.2. The highest BCUT2D eigenvalue weighted by Gasteiger charge is 2.14. The van der Waals surface area contributed by atoms with Crippen molar-refractivity contribution in [1.82, 2.24) is 0 Å². The molecule has 0 fully saturated rings. The lowest BCUT2D eigenvalue weighted by Gasteiger charge is -2.12. The van der Waals surface area contributed by atoms with E-state index in [0.717, 1.165) is 5.56 Å². The van der Waals surface area contributed by atoms with Crippen LogP contribution in [0.4, 0.5) is 11.4 Å². The van der Waals surface area contributed by atoms with Gasteiger partial charge in [-0.25, -0.2) is 0 Å². The first-order valence-corrected chi connectivity index (χ1v) is 7.88. The molecule has 0 saturated carbocycles. The maximum absolute atomic E-state index is 12.1. The summed E-state index contributed by atoms with van der Waals surface area (Å²) in [5.41, 5.74) is 1.89. The fraction of sp³-hybridized carbons (Fsp3) is 0.222. The summed E-state index contributed by atoms with van der Waals surface area (Å²) >= 11 is 5.92. The molecule has 0 aliphatic heterocycles. The summed E-state index contributed by atoms with van der Waals surface area (Å²) < 4.78 is 10.3. The molecule has 7 heteroatoms. The summed E-state index contributed by atoms with van der Waals surface area (Å²) in [5.74, 6) is 0.152. The molecule has 6 nitrogen and oxygen atoms in total. The first-order valence-electron chi connectivity index (χ1n) is 7.51. The molecule has 2 aromatic carbocycles. The molecule has 0 bridgehead atoms. The van der Waals surface area contributed by atoms with Crippen LogP contribution in [0.5, 0.6) is 11.5 Å². The molecule has 0 unspecified atom stereocenters. The normalized spacial score (nSPS) is 10.1. The van der Waals surface area contributed by atoms with Crippen molar-refractivity contribution >= 4 is 34.8 Å². The number of anilines is 2. The molecule has 2 N–H and O–H groups in total. The molecule has 132 valence electrons. The van der Waals surface area contributed by atoms with Crippen LogP contribution in [0, 0.1) is 6.92 Å². The van der Waals surface area contributed by atoms with Crippen LogP contribution in [0.15, 0.2) is 36.4 Å². The summed E-state index contributed by atoms with van der Waals surface area (Å²) in [7, 11) is 3.02. The van der Waals surface area contributed by atoms with Gasteiger partial charge in [0.15, 0.2) is 0 Å². The summed E-state index contributed by atoms with van der Waals surface area (Å²) in [6.45, 7) is 1.84. The molecule has 0 spiro atoms. The van der Waals surface area contributed by atoms with Gasteiger partial charge in [-0.2, -0.15) is 0 Å². The Bertz CT molecular complexity index is 793. The number of halogens is 1. The van der Waals surface area contributed by atoms with Crippen LogP contribution in [-0.2, 0) is 9.59 Å². The van der Waals surface area contributed by atoms with E-state index in [1.165, 1.54) is 14.2 Å². The first kappa shape index (κ1) is 18.6. The molecule has 0 aliphatic rings.